The quantitative estimate of drug-likeness (QED) is 0.819. The number of carbonyl (C=O) groups is 1. The molecule has 1 saturated carbocycles. The normalized spacial score (nSPS) is 20.2. The second-order valence-corrected chi connectivity index (χ2v) is 9.30. The minimum atomic E-state index is -0.490. The highest BCUT2D eigenvalue weighted by Gasteiger charge is 2.41. The molecule has 2 aliphatic rings. The number of benzene rings is 1. The maximum absolute atomic E-state index is 13.1. The molecule has 6 heteroatoms. The van der Waals surface area contributed by atoms with Gasteiger partial charge in [-0.2, -0.15) is 0 Å². The van der Waals surface area contributed by atoms with Crippen LogP contribution in [0.3, 0.4) is 0 Å². The highest BCUT2D eigenvalue weighted by molar-refractivity contribution is 6.00. The molecule has 1 amide bonds. The van der Waals surface area contributed by atoms with E-state index in [1.54, 1.807) is 11.1 Å². The molecule has 1 aliphatic carbocycles. The van der Waals surface area contributed by atoms with Crippen LogP contribution in [0.4, 0.5) is 11.5 Å². The van der Waals surface area contributed by atoms with Gasteiger partial charge in [-0.05, 0) is 32.3 Å². The first-order valence-corrected chi connectivity index (χ1v) is 11.0. The minimum absolute atomic E-state index is 0.0439. The lowest BCUT2D eigenvalue weighted by atomic mass is 9.91. The number of aliphatic hydroxyl groups is 1. The first-order chi connectivity index (χ1) is 14.4. The van der Waals surface area contributed by atoms with Crippen LogP contribution in [0.15, 0.2) is 36.5 Å². The molecule has 0 saturated heterocycles. The van der Waals surface area contributed by atoms with Gasteiger partial charge >= 0.3 is 0 Å². The molecule has 160 valence electrons. The van der Waals surface area contributed by atoms with Gasteiger partial charge in [0.2, 0.25) is 5.91 Å². The molecular formula is C24H32N4O2. The molecular weight excluding hydrogens is 376 g/mol. The van der Waals surface area contributed by atoms with Crippen molar-refractivity contribution in [2.24, 2.45) is 5.41 Å². The number of aromatic nitrogens is 2. The van der Waals surface area contributed by atoms with E-state index in [4.69, 9.17) is 4.98 Å². The van der Waals surface area contributed by atoms with Gasteiger partial charge in [-0.25, -0.2) is 9.97 Å². The zero-order chi connectivity index (χ0) is 21.3. The first kappa shape index (κ1) is 20.8. The molecule has 0 bridgehead atoms. The fourth-order valence-electron chi connectivity index (χ4n) is 4.83. The number of hydrogen-bond acceptors (Lipinski definition) is 5. The standard InChI is InChI=1S/C24H32N4O2/c1-24(2)16-28(19-11-7-8-12-19)22-20(27(3)23(24)30)14-25-21(26-22)13-18(15-29)17-9-5-4-6-10-17/h4-6,9-10,14,18-19,29H,7-8,11-13,15-16H2,1-3H3/t18-/m0/s1. The third-order valence-corrected chi connectivity index (χ3v) is 6.57. The predicted octanol–water partition coefficient (Wildman–Crippen LogP) is 3.55. The van der Waals surface area contributed by atoms with Crippen molar-refractivity contribution in [3.63, 3.8) is 0 Å². The van der Waals surface area contributed by atoms with Crippen molar-refractivity contribution >= 4 is 17.4 Å². The van der Waals surface area contributed by atoms with Gasteiger partial charge in [0.1, 0.15) is 11.5 Å². The molecule has 1 aliphatic heterocycles. The zero-order valence-electron chi connectivity index (χ0n) is 18.2. The highest BCUT2D eigenvalue weighted by Crippen LogP contribution is 2.40. The summed E-state index contributed by atoms with van der Waals surface area (Å²) in [7, 11) is 1.82. The van der Waals surface area contributed by atoms with Gasteiger partial charge in [0.15, 0.2) is 5.82 Å². The van der Waals surface area contributed by atoms with Gasteiger partial charge in [0.05, 0.1) is 18.2 Å². The summed E-state index contributed by atoms with van der Waals surface area (Å²) in [5.41, 5.74) is 1.37. The Bertz CT molecular complexity index is 893. The van der Waals surface area contributed by atoms with Crippen molar-refractivity contribution in [3.8, 4) is 0 Å². The smallest absolute Gasteiger partial charge is 0.234 e. The summed E-state index contributed by atoms with van der Waals surface area (Å²) < 4.78 is 0. The largest absolute Gasteiger partial charge is 0.396 e. The van der Waals surface area contributed by atoms with Crippen LogP contribution in [0.25, 0.3) is 0 Å². The summed E-state index contributed by atoms with van der Waals surface area (Å²) in [6.07, 6.45) is 7.07. The van der Waals surface area contributed by atoms with E-state index < -0.39 is 5.41 Å². The summed E-state index contributed by atoms with van der Waals surface area (Å²) in [6.45, 7) is 4.74. The van der Waals surface area contributed by atoms with E-state index in [2.05, 4.69) is 9.88 Å². The molecule has 0 radical (unpaired) electrons. The van der Waals surface area contributed by atoms with Crippen molar-refractivity contribution in [1.29, 1.82) is 0 Å². The predicted molar refractivity (Wildman–Crippen MR) is 119 cm³/mol. The van der Waals surface area contributed by atoms with Crippen LogP contribution in [0.1, 0.15) is 56.8 Å². The molecule has 6 nitrogen and oxygen atoms in total. The summed E-state index contributed by atoms with van der Waals surface area (Å²) in [6, 6.07) is 10.4. The van der Waals surface area contributed by atoms with Crippen molar-refractivity contribution in [2.45, 2.75) is 57.9 Å². The van der Waals surface area contributed by atoms with Crippen LogP contribution in [0.2, 0.25) is 0 Å². The lowest BCUT2D eigenvalue weighted by molar-refractivity contribution is -0.125. The number of aliphatic hydroxyl groups excluding tert-OH is 1. The number of carbonyl (C=O) groups excluding carboxylic acids is 1. The molecule has 1 aromatic heterocycles. The second-order valence-electron chi connectivity index (χ2n) is 9.30. The molecule has 2 heterocycles. The highest BCUT2D eigenvalue weighted by atomic mass is 16.3. The SMILES string of the molecule is CN1C(=O)C(C)(C)CN(C2CCCC2)c2nc(C[C@@H](CO)c3ccccc3)ncc21. The second kappa shape index (κ2) is 8.34. The van der Waals surface area contributed by atoms with Gasteiger partial charge < -0.3 is 14.9 Å². The van der Waals surface area contributed by atoms with E-state index in [-0.39, 0.29) is 18.4 Å². The summed E-state index contributed by atoms with van der Waals surface area (Å²) in [5.74, 6) is 1.61. The fraction of sp³-hybridized carbons (Fsp3) is 0.542. The van der Waals surface area contributed by atoms with Crippen LogP contribution in [0.5, 0.6) is 0 Å². The molecule has 1 fully saturated rings. The van der Waals surface area contributed by atoms with Gasteiger partial charge in [-0.15, -0.1) is 0 Å². The summed E-state index contributed by atoms with van der Waals surface area (Å²) in [4.78, 5) is 26.7. The Labute approximate surface area is 179 Å². The number of nitrogens with zero attached hydrogens (tertiary/aromatic N) is 4. The number of hydrogen-bond donors (Lipinski definition) is 1. The number of fused-ring (bicyclic) bond motifs is 1. The van der Waals surface area contributed by atoms with Crippen LogP contribution in [0, 0.1) is 5.41 Å². The van der Waals surface area contributed by atoms with Crippen LogP contribution in [-0.4, -0.2) is 47.2 Å². The Morgan fingerprint density at radius 2 is 1.90 bits per heavy atom. The Kier molecular flexibility index (Phi) is 5.78. The third-order valence-electron chi connectivity index (χ3n) is 6.57. The van der Waals surface area contributed by atoms with Gasteiger partial charge in [-0.1, -0.05) is 43.2 Å². The summed E-state index contributed by atoms with van der Waals surface area (Å²) in [5, 5.41) is 9.98. The number of anilines is 2. The monoisotopic (exact) mass is 408 g/mol. The zero-order valence-corrected chi connectivity index (χ0v) is 18.2. The molecule has 1 aromatic carbocycles. The molecule has 30 heavy (non-hydrogen) atoms. The van der Waals surface area contributed by atoms with E-state index in [9.17, 15) is 9.90 Å². The average Bonchev–Trinajstić information content (AvgIpc) is 3.28. The Morgan fingerprint density at radius 1 is 1.20 bits per heavy atom. The van der Waals surface area contributed by atoms with Gasteiger partial charge in [-0.3, -0.25) is 4.79 Å². The minimum Gasteiger partial charge on any atom is -0.396 e. The molecule has 0 unspecified atom stereocenters. The van der Waals surface area contributed by atoms with Crippen LogP contribution >= 0.6 is 0 Å². The summed E-state index contributed by atoms with van der Waals surface area (Å²) >= 11 is 0. The van der Waals surface area contributed by atoms with Crippen molar-refractivity contribution < 1.29 is 9.90 Å². The van der Waals surface area contributed by atoms with E-state index >= 15 is 0 Å². The van der Waals surface area contributed by atoms with Crippen molar-refractivity contribution in [2.75, 3.05) is 30.0 Å². The lowest BCUT2D eigenvalue weighted by Gasteiger charge is -2.34. The topological polar surface area (TPSA) is 69.6 Å². The molecule has 1 atom stereocenters. The van der Waals surface area contributed by atoms with Gasteiger partial charge in [0.25, 0.3) is 0 Å². The van der Waals surface area contributed by atoms with E-state index in [0.717, 1.165) is 29.9 Å². The molecule has 4 rings (SSSR count). The van der Waals surface area contributed by atoms with E-state index in [1.165, 1.54) is 12.8 Å². The average molecular weight is 409 g/mol. The van der Waals surface area contributed by atoms with Crippen LogP contribution in [-0.2, 0) is 11.2 Å². The molecule has 0 spiro atoms. The van der Waals surface area contributed by atoms with Crippen molar-refractivity contribution in [1.82, 2.24) is 9.97 Å². The van der Waals surface area contributed by atoms with E-state index in [1.807, 2.05) is 51.2 Å². The third kappa shape index (κ3) is 3.93. The van der Waals surface area contributed by atoms with Gasteiger partial charge in [0, 0.05) is 32.0 Å². The lowest BCUT2D eigenvalue weighted by Crippen LogP contribution is -2.45. The van der Waals surface area contributed by atoms with Crippen molar-refractivity contribution in [3.05, 3.63) is 47.9 Å². The molecule has 2 aromatic rings. The number of amides is 1. The maximum Gasteiger partial charge on any atom is 0.234 e. The Hall–Kier alpha value is -2.47. The van der Waals surface area contributed by atoms with Crippen LogP contribution < -0.4 is 9.80 Å². The number of rotatable bonds is 5. The Balaban J connectivity index is 1.71. The van der Waals surface area contributed by atoms with E-state index in [0.29, 0.717) is 24.8 Å². The fourth-order valence-corrected chi connectivity index (χ4v) is 4.83. The first-order valence-electron chi connectivity index (χ1n) is 11.0. The maximum atomic E-state index is 13.1. The molecule has 1 N–H and O–H groups in total. The Morgan fingerprint density at radius 3 is 2.57 bits per heavy atom.